The van der Waals surface area contributed by atoms with Gasteiger partial charge in [0.2, 0.25) is 0 Å². The first-order chi connectivity index (χ1) is 12.7. The van der Waals surface area contributed by atoms with Crippen LogP contribution in [-0.4, -0.2) is 36.3 Å². The molecule has 0 radical (unpaired) electrons. The summed E-state index contributed by atoms with van der Waals surface area (Å²) in [4.78, 5) is 12.5. The molecule has 4 aromatic rings. The molecule has 0 saturated carbocycles. The minimum atomic E-state index is 0.771. The lowest BCUT2D eigenvalue weighted by molar-refractivity contribution is 0.689. The van der Waals surface area contributed by atoms with Gasteiger partial charge in [0, 0.05) is 43.2 Å². The largest absolute Gasteiger partial charge is 0.350 e. The molecule has 5 rings (SSSR count). The zero-order chi connectivity index (χ0) is 17.7. The summed E-state index contributed by atoms with van der Waals surface area (Å²) < 4.78 is 1.73. The highest BCUT2D eigenvalue weighted by Gasteiger charge is 2.21. The van der Waals surface area contributed by atoms with Crippen molar-refractivity contribution in [2.24, 2.45) is 0 Å². The molecule has 1 aliphatic heterocycles. The quantitative estimate of drug-likeness (QED) is 0.545. The third kappa shape index (κ3) is 2.53. The molecule has 0 aromatic carbocycles. The third-order valence-corrected chi connectivity index (χ3v) is 5.66. The number of aryl methyl sites for hydroxylation is 2. The lowest BCUT2D eigenvalue weighted by Gasteiger charge is -2.30. The first-order valence-corrected chi connectivity index (χ1v) is 9.32. The molecule has 0 bridgehead atoms. The van der Waals surface area contributed by atoms with Gasteiger partial charge < -0.3 is 4.90 Å². The van der Waals surface area contributed by atoms with Crippen LogP contribution in [0.2, 0.25) is 0 Å². The highest BCUT2D eigenvalue weighted by Crippen LogP contribution is 2.30. The smallest absolute Gasteiger partial charge is 0.177 e. The standard InChI is InChI=1S/C18H17N7S/c1-11-5-17-22-21-10-25(17)23-18(11)24-4-3-15-14(9-24)6-13(7-20-15)16-8-19-12(2)26-16/h5-8,10H,3-4,9H2,1-2H3. The highest BCUT2D eigenvalue weighted by atomic mass is 32.1. The van der Waals surface area contributed by atoms with Gasteiger partial charge in [-0.3, -0.25) is 4.98 Å². The van der Waals surface area contributed by atoms with E-state index < -0.39 is 0 Å². The molecule has 0 amide bonds. The maximum Gasteiger partial charge on any atom is 0.177 e. The van der Waals surface area contributed by atoms with Crippen molar-refractivity contribution in [3.63, 3.8) is 0 Å². The van der Waals surface area contributed by atoms with Crippen LogP contribution < -0.4 is 4.90 Å². The van der Waals surface area contributed by atoms with Crippen LogP contribution in [-0.2, 0) is 13.0 Å². The van der Waals surface area contributed by atoms with E-state index >= 15 is 0 Å². The first-order valence-electron chi connectivity index (χ1n) is 8.50. The van der Waals surface area contributed by atoms with Gasteiger partial charge in [-0.2, -0.15) is 4.52 Å². The summed E-state index contributed by atoms with van der Waals surface area (Å²) in [7, 11) is 0. The Hall–Kier alpha value is -2.87. The molecule has 5 heterocycles. The summed E-state index contributed by atoms with van der Waals surface area (Å²) in [5, 5.41) is 13.8. The molecule has 1 aliphatic rings. The van der Waals surface area contributed by atoms with Gasteiger partial charge in [0.25, 0.3) is 0 Å². The summed E-state index contributed by atoms with van der Waals surface area (Å²) in [5.41, 5.74) is 5.44. The van der Waals surface area contributed by atoms with Gasteiger partial charge >= 0.3 is 0 Å². The van der Waals surface area contributed by atoms with E-state index in [-0.39, 0.29) is 0 Å². The second-order valence-electron chi connectivity index (χ2n) is 6.53. The van der Waals surface area contributed by atoms with E-state index in [0.717, 1.165) is 52.0 Å². The van der Waals surface area contributed by atoms with E-state index in [0.29, 0.717) is 0 Å². The first kappa shape index (κ1) is 15.4. The van der Waals surface area contributed by atoms with Gasteiger partial charge in [0.15, 0.2) is 11.5 Å². The number of rotatable bonds is 2. The topological polar surface area (TPSA) is 72.1 Å². The summed E-state index contributed by atoms with van der Waals surface area (Å²) in [6.45, 7) is 5.80. The summed E-state index contributed by atoms with van der Waals surface area (Å²) in [6.07, 6.45) is 6.45. The van der Waals surface area contributed by atoms with Crippen molar-refractivity contribution in [2.75, 3.05) is 11.4 Å². The Bertz CT molecular complexity index is 1110. The summed E-state index contributed by atoms with van der Waals surface area (Å²) in [5.74, 6) is 0.974. The van der Waals surface area contributed by atoms with Gasteiger partial charge in [-0.25, -0.2) is 4.98 Å². The molecule has 0 atom stereocenters. The van der Waals surface area contributed by atoms with E-state index in [1.807, 2.05) is 25.4 Å². The van der Waals surface area contributed by atoms with E-state index in [2.05, 4.69) is 33.1 Å². The van der Waals surface area contributed by atoms with Crippen LogP contribution in [0.1, 0.15) is 21.8 Å². The molecule has 0 spiro atoms. The van der Waals surface area contributed by atoms with Gasteiger partial charge in [-0.05, 0) is 37.1 Å². The Morgan fingerprint density at radius 1 is 1.12 bits per heavy atom. The average molecular weight is 363 g/mol. The van der Waals surface area contributed by atoms with Gasteiger partial charge in [0.1, 0.15) is 6.33 Å². The molecule has 7 nitrogen and oxygen atoms in total. The molecule has 0 aliphatic carbocycles. The number of thiazole rings is 1. The van der Waals surface area contributed by atoms with E-state index in [1.165, 1.54) is 11.3 Å². The number of hydrogen-bond acceptors (Lipinski definition) is 7. The number of pyridine rings is 1. The van der Waals surface area contributed by atoms with Crippen molar-refractivity contribution in [2.45, 2.75) is 26.8 Å². The number of nitrogens with zero attached hydrogens (tertiary/aromatic N) is 7. The van der Waals surface area contributed by atoms with E-state index in [9.17, 15) is 0 Å². The average Bonchev–Trinajstić information content (AvgIpc) is 3.28. The van der Waals surface area contributed by atoms with E-state index in [1.54, 1.807) is 22.2 Å². The fourth-order valence-electron chi connectivity index (χ4n) is 3.40. The van der Waals surface area contributed by atoms with Gasteiger partial charge in [-0.15, -0.1) is 26.6 Å². The van der Waals surface area contributed by atoms with Crippen LogP contribution in [0.15, 0.2) is 30.9 Å². The van der Waals surface area contributed by atoms with Crippen LogP contribution in [0.5, 0.6) is 0 Å². The number of hydrogen-bond donors (Lipinski definition) is 0. The minimum Gasteiger partial charge on any atom is -0.350 e. The molecule has 4 aromatic heterocycles. The minimum absolute atomic E-state index is 0.771. The van der Waals surface area contributed by atoms with Crippen LogP contribution >= 0.6 is 11.3 Å². The lowest BCUT2D eigenvalue weighted by atomic mass is 10.0. The molecule has 26 heavy (non-hydrogen) atoms. The molecular weight excluding hydrogens is 346 g/mol. The second kappa shape index (κ2) is 5.84. The third-order valence-electron chi connectivity index (χ3n) is 4.70. The number of anilines is 1. The van der Waals surface area contributed by atoms with Crippen molar-refractivity contribution in [1.29, 1.82) is 0 Å². The predicted molar refractivity (Wildman–Crippen MR) is 100 cm³/mol. The van der Waals surface area contributed by atoms with Crippen LogP contribution in [0.4, 0.5) is 5.82 Å². The van der Waals surface area contributed by atoms with Gasteiger partial charge in [0.05, 0.1) is 9.88 Å². The second-order valence-corrected chi connectivity index (χ2v) is 7.76. The van der Waals surface area contributed by atoms with Crippen molar-refractivity contribution < 1.29 is 0 Å². The normalized spacial score (nSPS) is 14.0. The number of fused-ring (bicyclic) bond motifs is 2. The van der Waals surface area contributed by atoms with Crippen LogP contribution in [0, 0.1) is 13.8 Å². The van der Waals surface area contributed by atoms with Crippen molar-refractivity contribution in [1.82, 2.24) is 29.8 Å². The Morgan fingerprint density at radius 2 is 2.04 bits per heavy atom. The molecule has 8 heteroatoms. The Balaban J connectivity index is 1.51. The van der Waals surface area contributed by atoms with Crippen molar-refractivity contribution in [3.05, 3.63) is 52.7 Å². The zero-order valence-corrected chi connectivity index (χ0v) is 15.4. The maximum atomic E-state index is 4.70. The Morgan fingerprint density at radius 3 is 2.88 bits per heavy atom. The maximum absolute atomic E-state index is 4.70. The fraction of sp³-hybridized carbons (Fsp3) is 0.278. The Kier molecular flexibility index (Phi) is 3.46. The van der Waals surface area contributed by atoms with Crippen molar-refractivity contribution >= 4 is 22.8 Å². The molecule has 130 valence electrons. The van der Waals surface area contributed by atoms with E-state index in [4.69, 9.17) is 10.1 Å². The van der Waals surface area contributed by atoms with Crippen LogP contribution in [0.25, 0.3) is 16.1 Å². The highest BCUT2D eigenvalue weighted by molar-refractivity contribution is 7.15. The summed E-state index contributed by atoms with van der Waals surface area (Å²) in [6, 6.07) is 4.27. The zero-order valence-electron chi connectivity index (χ0n) is 14.5. The molecule has 0 N–H and O–H groups in total. The fourth-order valence-corrected chi connectivity index (χ4v) is 4.16. The van der Waals surface area contributed by atoms with Crippen LogP contribution in [0.3, 0.4) is 0 Å². The number of aromatic nitrogens is 6. The van der Waals surface area contributed by atoms with Gasteiger partial charge in [-0.1, -0.05) is 0 Å². The predicted octanol–water partition coefficient (Wildman–Crippen LogP) is 2.82. The molecule has 0 saturated heterocycles. The molecule has 0 unspecified atom stereocenters. The molecule has 0 fully saturated rings. The Labute approximate surface area is 154 Å². The SMILES string of the molecule is Cc1ncc(-c2cnc3c(c2)CN(c2nn4cnnc4cc2C)CC3)s1. The lowest BCUT2D eigenvalue weighted by Crippen LogP contribution is -2.32. The monoisotopic (exact) mass is 363 g/mol. The van der Waals surface area contributed by atoms with Crippen molar-refractivity contribution in [3.8, 4) is 10.4 Å². The molecular formula is C18H17N7S. The summed E-state index contributed by atoms with van der Waals surface area (Å²) >= 11 is 1.70.